The van der Waals surface area contributed by atoms with E-state index >= 15 is 0 Å². The molecule has 18 heavy (non-hydrogen) atoms. The molecule has 0 aliphatic heterocycles. The van der Waals surface area contributed by atoms with Crippen LogP contribution in [0.5, 0.6) is 11.5 Å². The van der Waals surface area contributed by atoms with E-state index < -0.39 is 0 Å². The predicted molar refractivity (Wildman–Crippen MR) is 75.3 cm³/mol. The Bertz CT molecular complexity index is 364. The highest BCUT2D eigenvalue weighted by Gasteiger charge is 2.05. The third kappa shape index (κ3) is 4.80. The molecule has 1 aromatic carbocycles. The van der Waals surface area contributed by atoms with Gasteiger partial charge in [0, 0.05) is 6.54 Å². The van der Waals surface area contributed by atoms with Crippen molar-refractivity contribution in [1.29, 1.82) is 0 Å². The van der Waals surface area contributed by atoms with Crippen LogP contribution in [0.4, 0.5) is 0 Å². The average molecular weight is 249 g/mol. The van der Waals surface area contributed by atoms with E-state index in [0.717, 1.165) is 31.0 Å². The largest absolute Gasteiger partial charge is 0.490 e. The normalized spacial score (nSPS) is 10.1. The maximum atomic E-state index is 5.59. The first kappa shape index (κ1) is 14.6. The summed E-state index contributed by atoms with van der Waals surface area (Å²) in [5, 5.41) is 3.37. The Morgan fingerprint density at radius 2 is 2.06 bits per heavy atom. The predicted octanol–water partition coefficient (Wildman–Crippen LogP) is 3.15. The Labute approximate surface area is 110 Å². The van der Waals surface area contributed by atoms with Gasteiger partial charge in [0.25, 0.3) is 0 Å². The zero-order valence-electron chi connectivity index (χ0n) is 11.4. The van der Waals surface area contributed by atoms with E-state index in [0.29, 0.717) is 13.2 Å². The first-order valence-corrected chi connectivity index (χ1v) is 6.52. The molecule has 0 radical (unpaired) electrons. The summed E-state index contributed by atoms with van der Waals surface area (Å²) in [6.45, 7) is 10.8. The molecule has 100 valence electrons. The molecule has 0 saturated carbocycles. The molecule has 0 aliphatic carbocycles. The first-order valence-electron chi connectivity index (χ1n) is 6.52. The van der Waals surface area contributed by atoms with Gasteiger partial charge in [0.1, 0.15) is 6.61 Å². The van der Waals surface area contributed by atoms with Crippen molar-refractivity contribution in [2.75, 3.05) is 19.8 Å². The Hall–Kier alpha value is -1.48. The summed E-state index contributed by atoms with van der Waals surface area (Å²) >= 11 is 0. The highest BCUT2D eigenvalue weighted by Crippen LogP contribution is 2.28. The molecule has 0 unspecified atom stereocenters. The zero-order valence-corrected chi connectivity index (χ0v) is 11.4. The molecule has 1 aromatic rings. The lowest BCUT2D eigenvalue weighted by Crippen LogP contribution is -2.13. The van der Waals surface area contributed by atoms with Gasteiger partial charge in [-0.25, -0.2) is 0 Å². The summed E-state index contributed by atoms with van der Waals surface area (Å²) in [5.41, 5.74) is 1.21. The molecular formula is C15H23NO2. The molecule has 0 aliphatic rings. The lowest BCUT2D eigenvalue weighted by Gasteiger charge is -2.12. The molecule has 1 N–H and O–H groups in total. The summed E-state index contributed by atoms with van der Waals surface area (Å²) < 4.78 is 11.1. The van der Waals surface area contributed by atoms with E-state index in [9.17, 15) is 0 Å². The standard InChI is InChI=1S/C15H23NO2/c1-4-9-16-12-13-7-8-14(18-10-5-2)15(11-13)17-6-3/h5,7-8,11,16H,2,4,6,9-10,12H2,1,3H3. The van der Waals surface area contributed by atoms with Crippen molar-refractivity contribution in [3.05, 3.63) is 36.4 Å². The third-order valence-electron chi connectivity index (χ3n) is 2.42. The zero-order chi connectivity index (χ0) is 13.2. The van der Waals surface area contributed by atoms with Gasteiger partial charge < -0.3 is 14.8 Å². The fourth-order valence-electron chi connectivity index (χ4n) is 1.61. The van der Waals surface area contributed by atoms with Crippen LogP contribution < -0.4 is 14.8 Å². The molecule has 0 heterocycles. The van der Waals surface area contributed by atoms with Crippen LogP contribution in [0, 0.1) is 0 Å². The van der Waals surface area contributed by atoms with Crippen molar-refractivity contribution < 1.29 is 9.47 Å². The Kier molecular flexibility index (Phi) is 6.96. The minimum absolute atomic E-state index is 0.494. The van der Waals surface area contributed by atoms with E-state index in [1.807, 2.05) is 19.1 Å². The van der Waals surface area contributed by atoms with E-state index in [2.05, 4.69) is 24.9 Å². The fraction of sp³-hybridized carbons (Fsp3) is 0.467. The van der Waals surface area contributed by atoms with E-state index in [-0.39, 0.29) is 0 Å². The van der Waals surface area contributed by atoms with Gasteiger partial charge in [0.05, 0.1) is 6.61 Å². The second kappa shape index (κ2) is 8.59. The number of hydrogen-bond acceptors (Lipinski definition) is 3. The van der Waals surface area contributed by atoms with Crippen LogP contribution in [0.25, 0.3) is 0 Å². The van der Waals surface area contributed by atoms with Gasteiger partial charge in [-0.05, 0) is 37.6 Å². The van der Waals surface area contributed by atoms with Crippen molar-refractivity contribution in [2.45, 2.75) is 26.8 Å². The van der Waals surface area contributed by atoms with E-state index in [4.69, 9.17) is 9.47 Å². The van der Waals surface area contributed by atoms with Crippen molar-refractivity contribution in [3.63, 3.8) is 0 Å². The van der Waals surface area contributed by atoms with Crippen molar-refractivity contribution >= 4 is 0 Å². The van der Waals surface area contributed by atoms with Crippen LogP contribution >= 0.6 is 0 Å². The molecule has 0 atom stereocenters. The molecule has 0 fully saturated rings. The Morgan fingerprint density at radius 1 is 1.22 bits per heavy atom. The number of nitrogens with one attached hydrogen (secondary N) is 1. The lowest BCUT2D eigenvalue weighted by molar-refractivity contribution is 0.296. The fourth-order valence-corrected chi connectivity index (χ4v) is 1.61. The molecule has 0 spiro atoms. The summed E-state index contributed by atoms with van der Waals surface area (Å²) in [6.07, 6.45) is 2.87. The van der Waals surface area contributed by atoms with Gasteiger partial charge in [0.2, 0.25) is 0 Å². The van der Waals surface area contributed by atoms with Crippen LogP contribution in [0.1, 0.15) is 25.8 Å². The SMILES string of the molecule is C=CCOc1ccc(CNCCC)cc1OCC. The minimum atomic E-state index is 0.494. The number of benzene rings is 1. The van der Waals surface area contributed by atoms with E-state index in [1.165, 1.54) is 5.56 Å². The van der Waals surface area contributed by atoms with Gasteiger partial charge in [-0.2, -0.15) is 0 Å². The van der Waals surface area contributed by atoms with Crippen molar-refractivity contribution in [1.82, 2.24) is 5.32 Å². The second-order valence-electron chi connectivity index (χ2n) is 3.99. The van der Waals surface area contributed by atoms with Gasteiger partial charge in [-0.15, -0.1) is 0 Å². The highest BCUT2D eigenvalue weighted by molar-refractivity contribution is 5.43. The van der Waals surface area contributed by atoms with Gasteiger partial charge in [-0.3, -0.25) is 0 Å². The van der Waals surface area contributed by atoms with Gasteiger partial charge in [0.15, 0.2) is 11.5 Å². The summed E-state index contributed by atoms with van der Waals surface area (Å²) in [6, 6.07) is 6.05. The maximum Gasteiger partial charge on any atom is 0.161 e. The molecular weight excluding hydrogens is 226 g/mol. The summed E-state index contributed by atoms with van der Waals surface area (Å²) in [7, 11) is 0. The third-order valence-corrected chi connectivity index (χ3v) is 2.42. The van der Waals surface area contributed by atoms with Gasteiger partial charge >= 0.3 is 0 Å². The lowest BCUT2D eigenvalue weighted by atomic mass is 10.2. The summed E-state index contributed by atoms with van der Waals surface area (Å²) in [5.74, 6) is 1.58. The smallest absolute Gasteiger partial charge is 0.161 e. The van der Waals surface area contributed by atoms with Crippen LogP contribution in [-0.2, 0) is 6.54 Å². The van der Waals surface area contributed by atoms with Gasteiger partial charge in [-0.1, -0.05) is 25.6 Å². The Balaban J connectivity index is 2.71. The van der Waals surface area contributed by atoms with E-state index in [1.54, 1.807) is 6.08 Å². The highest BCUT2D eigenvalue weighted by atomic mass is 16.5. The summed E-state index contributed by atoms with van der Waals surface area (Å²) in [4.78, 5) is 0. The second-order valence-corrected chi connectivity index (χ2v) is 3.99. The minimum Gasteiger partial charge on any atom is -0.490 e. The van der Waals surface area contributed by atoms with Crippen LogP contribution in [-0.4, -0.2) is 19.8 Å². The topological polar surface area (TPSA) is 30.5 Å². The number of ether oxygens (including phenoxy) is 2. The first-order chi connectivity index (χ1) is 8.81. The monoisotopic (exact) mass is 249 g/mol. The number of hydrogen-bond donors (Lipinski definition) is 1. The quantitative estimate of drug-likeness (QED) is 0.538. The van der Waals surface area contributed by atoms with Crippen molar-refractivity contribution in [3.8, 4) is 11.5 Å². The molecule has 0 amide bonds. The van der Waals surface area contributed by atoms with Crippen LogP contribution in [0.2, 0.25) is 0 Å². The average Bonchev–Trinajstić information content (AvgIpc) is 2.38. The van der Waals surface area contributed by atoms with Crippen LogP contribution in [0.3, 0.4) is 0 Å². The van der Waals surface area contributed by atoms with Crippen LogP contribution in [0.15, 0.2) is 30.9 Å². The molecule has 3 heteroatoms. The molecule has 1 rings (SSSR count). The number of rotatable bonds is 9. The maximum absolute atomic E-state index is 5.59. The molecule has 0 saturated heterocycles. The Morgan fingerprint density at radius 3 is 2.72 bits per heavy atom. The van der Waals surface area contributed by atoms with Crippen molar-refractivity contribution in [2.24, 2.45) is 0 Å². The molecule has 0 aromatic heterocycles. The molecule has 3 nitrogen and oxygen atoms in total. The molecule has 0 bridgehead atoms.